The average molecular weight is 287 g/mol. The number of hydrogen-bond acceptors (Lipinski definition) is 3. The molecule has 0 saturated heterocycles. The Morgan fingerprint density at radius 3 is 1.95 bits per heavy atom. The summed E-state index contributed by atoms with van der Waals surface area (Å²) in [6, 6.07) is 0.698. The van der Waals surface area contributed by atoms with E-state index in [1.807, 2.05) is 20.8 Å². The summed E-state index contributed by atoms with van der Waals surface area (Å²) >= 11 is 0. The molecule has 122 valence electrons. The molecule has 1 aliphatic rings. The summed E-state index contributed by atoms with van der Waals surface area (Å²) in [6.45, 7) is 12.9. The molecule has 2 N–H and O–H groups in total. The summed E-state index contributed by atoms with van der Waals surface area (Å²) in [5.74, 6) is 0.900. The summed E-state index contributed by atoms with van der Waals surface area (Å²) in [6.07, 6.45) is 6.19. The molecule has 1 rings (SSSR count). The molecular formula is C17H38N2O. The lowest BCUT2D eigenvalue weighted by atomic mass is 9.83. The number of methoxy groups -OCH3 is 1. The monoisotopic (exact) mass is 286 g/mol. The van der Waals surface area contributed by atoms with Crippen LogP contribution in [-0.4, -0.2) is 36.4 Å². The Morgan fingerprint density at radius 2 is 1.55 bits per heavy atom. The molecule has 1 fully saturated rings. The van der Waals surface area contributed by atoms with Crippen molar-refractivity contribution in [3.8, 4) is 0 Å². The Labute approximate surface area is 127 Å². The molecule has 1 aliphatic carbocycles. The molecule has 1 saturated carbocycles. The standard InChI is InChI=1S/C15H32N2O.C2H6/c1-12-7-9-13(10-8-12)17(5)14(2,3)11-15(4,16)18-6;1-2/h12-13H,7-11,16H2,1-6H3;1-2H3. The molecule has 0 bridgehead atoms. The van der Waals surface area contributed by atoms with Gasteiger partial charge in [0.1, 0.15) is 5.72 Å². The van der Waals surface area contributed by atoms with E-state index in [0.717, 1.165) is 12.3 Å². The molecule has 20 heavy (non-hydrogen) atoms. The van der Waals surface area contributed by atoms with Gasteiger partial charge < -0.3 is 10.5 Å². The van der Waals surface area contributed by atoms with Crippen molar-refractivity contribution in [1.82, 2.24) is 4.90 Å². The Balaban J connectivity index is 0.00000172. The zero-order valence-corrected chi connectivity index (χ0v) is 15.1. The fourth-order valence-corrected chi connectivity index (χ4v) is 3.18. The number of hydrogen-bond donors (Lipinski definition) is 1. The van der Waals surface area contributed by atoms with Gasteiger partial charge in [-0.05, 0) is 59.4 Å². The molecule has 0 radical (unpaired) electrons. The van der Waals surface area contributed by atoms with E-state index in [2.05, 4.69) is 32.7 Å². The molecule has 0 amide bonds. The topological polar surface area (TPSA) is 38.5 Å². The van der Waals surface area contributed by atoms with E-state index in [0.29, 0.717) is 6.04 Å². The largest absolute Gasteiger partial charge is 0.364 e. The summed E-state index contributed by atoms with van der Waals surface area (Å²) in [7, 11) is 3.94. The first-order chi connectivity index (χ1) is 9.18. The van der Waals surface area contributed by atoms with Crippen molar-refractivity contribution >= 4 is 0 Å². The van der Waals surface area contributed by atoms with Crippen LogP contribution in [0, 0.1) is 5.92 Å². The van der Waals surface area contributed by atoms with Gasteiger partial charge in [-0.3, -0.25) is 4.90 Å². The van der Waals surface area contributed by atoms with Gasteiger partial charge in [-0.25, -0.2) is 0 Å². The predicted molar refractivity (Wildman–Crippen MR) is 88.8 cm³/mol. The molecule has 3 heteroatoms. The smallest absolute Gasteiger partial charge is 0.115 e. The zero-order chi connectivity index (χ0) is 16.0. The van der Waals surface area contributed by atoms with Gasteiger partial charge in [0.2, 0.25) is 0 Å². The van der Waals surface area contributed by atoms with Crippen LogP contribution in [0.5, 0.6) is 0 Å². The van der Waals surface area contributed by atoms with Gasteiger partial charge in [-0.2, -0.15) is 0 Å². The van der Waals surface area contributed by atoms with Crippen LogP contribution in [0.1, 0.15) is 73.6 Å². The highest BCUT2D eigenvalue weighted by atomic mass is 16.5. The van der Waals surface area contributed by atoms with Crippen molar-refractivity contribution < 1.29 is 4.74 Å². The van der Waals surface area contributed by atoms with Crippen LogP contribution < -0.4 is 5.73 Å². The van der Waals surface area contributed by atoms with Gasteiger partial charge in [0.15, 0.2) is 0 Å². The first-order valence-electron chi connectivity index (χ1n) is 8.25. The zero-order valence-electron chi connectivity index (χ0n) is 15.1. The first-order valence-corrected chi connectivity index (χ1v) is 8.25. The van der Waals surface area contributed by atoms with E-state index in [1.54, 1.807) is 7.11 Å². The maximum Gasteiger partial charge on any atom is 0.115 e. The maximum absolute atomic E-state index is 6.14. The molecule has 1 atom stereocenters. The van der Waals surface area contributed by atoms with Crippen LogP contribution in [0.3, 0.4) is 0 Å². The summed E-state index contributed by atoms with van der Waals surface area (Å²) in [5.41, 5.74) is 5.67. The number of nitrogens with two attached hydrogens (primary N) is 1. The van der Waals surface area contributed by atoms with E-state index in [4.69, 9.17) is 10.5 Å². The average Bonchev–Trinajstić information content (AvgIpc) is 2.40. The SMILES string of the molecule is CC.COC(C)(N)CC(C)(C)N(C)C1CCC(C)CC1. The molecule has 3 nitrogen and oxygen atoms in total. The second kappa shape index (κ2) is 8.35. The van der Waals surface area contributed by atoms with Crippen LogP contribution >= 0.6 is 0 Å². The minimum atomic E-state index is -0.542. The van der Waals surface area contributed by atoms with Crippen LogP contribution in [0.4, 0.5) is 0 Å². The molecule has 0 aromatic carbocycles. The Kier molecular flexibility index (Phi) is 8.30. The van der Waals surface area contributed by atoms with Gasteiger partial charge >= 0.3 is 0 Å². The summed E-state index contributed by atoms with van der Waals surface area (Å²) in [4.78, 5) is 2.52. The van der Waals surface area contributed by atoms with Gasteiger partial charge in [-0.15, -0.1) is 0 Å². The van der Waals surface area contributed by atoms with Crippen molar-refractivity contribution in [2.24, 2.45) is 11.7 Å². The Morgan fingerprint density at radius 1 is 1.10 bits per heavy atom. The van der Waals surface area contributed by atoms with E-state index in [9.17, 15) is 0 Å². The highest BCUT2D eigenvalue weighted by molar-refractivity contribution is 4.90. The van der Waals surface area contributed by atoms with Crippen molar-refractivity contribution in [1.29, 1.82) is 0 Å². The van der Waals surface area contributed by atoms with Gasteiger partial charge in [0.25, 0.3) is 0 Å². The molecule has 0 heterocycles. The van der Waals surface area contributed by atoms with Crippen LogP contribution in [0.2, 0.25) is 0 Å². The minimum absolute atomic E-state index is 0.0742. The fourth-order valence-electron chi connectivity index (χ4n) is 3.18. The lowest BCUT2D eigenvalue weighted by molar-refractivity contribution is -0.0471. The van der Waals surface area contributed by atoms with E-state index >= 15 is 0 Å². The number of rotatable bonds is 5. The van der Waals surface area contributed by atoms with E-state index in [-0.39, 0.29) is 5.54 Å². The minimum Gasteiger partial charge on any atom is -0.364 e. The summed E-state index contributed by atoms with van der Waals surface area (Å²) < 4.78 is 5.38. The lowest BCUT2D eigenvalue weighted by Crippen LogP contribution is -2.54. The molecule has 0 aromatic heterocycles. The van der Waals surface area contributed by atoms with Crippen LogP contribution in [0.15, 0.2) is 0 Å². The van der Waals surface area contributed by atoms with E-state index in [1.165, 1.54) is 25.7 Å². The lowest BCUT2D eigenvalue weighted by Gasteiger charge is -2.46. The van der Waals surface area contributed by atoms with Gasteiger partial charge in [-0.1, -0.05) is 20.8 Å². The summed E-state index contributed by atoms with van der Waals surface area (Å²) in [5, 5.41) is 0. The van der Waals surface area contributed by atoms with Crippen molar-refractivity contribution in [3.05, 3.63) is 0 Å². The highest BCUT2D eigenvalue weighted by Gasteiger charge is 2.36. The van der Waals surface area contributed by atoms with E-state index < -0.39 is 5.72 Å². The predicted octanol–water partition coefficient (Wildman–Crippen LogP) is 4.01. The van der Waals surface area contributed by atoms with Crippen molar-refractivity contribution in [2.45, 2.75) is 91.0 Å². The first kappa shape index (κ1) is 19.9. The highest BCUT2D eigenvalue weighted by Crippen LogP contribution is 2.33. The number of nitrogens with zero attached hydrogens (tertiary/aromatic N) is 1. The second-order valence-corrected chi connectivity index (χ2v) is 7.03. The molecular weight excluding hydrogens is 248 g/mol. The second-order valence-electron chi connectivity index (χ2n) is 7.03. The maximum atomic E-state index is 6.14. The molecule has 1 unspecified atom stereocenters. The Hall–Kier alpha value is -0.120. The quantitative estimate of drug-likeness (QED) is 0.776. The van der Waals surface area contributed by atoms with Gasteiger partial charge in [0.05, 0.1) is 0 Å². The normalized spacial score (nSPS) is 26.7. The Bertz CT molecular complexity index is 256. The van der Waals surface area contributed by atoms with Crippen molar-refractivity contribution in [3.63, 3.8) is 0 Å². The third-order valence-electron chi connectivity index (χ3n) is 4.74. The fraction of sp³-hybridized carbons (Fsp3) is 1.00. The molecule has 0 aliphatic heterocycles. The molecule has 0 spiro atoms. The van der Waals surface area contributed by atoms with Crippen molar-refractivity contribution in [2.75, 3.05) is 14.2 Å². The van der Waals surface area contributed by atoms with Crippen LogP contribution in [-0.2, 0) is 4.74 Å². The third-order valence-corrected chi connectivity index (χ3v) is 4.74. The number of ether oxygens (including phenoxy) is 1. The van der Waals surface area contributed by atoms with Gasteiger partial charge in [0, 0.05) is 25.1 Å². The molecule has 0 aromatic rings. The third kappa shape index (κ3) is 6.11. The van der Waals surface area contributed by atoms with Crippen LogP contribution in [0.25, 0.3) is 0 Å².